The molecule has 0 aliphatic heterocycles. The molecule has 71 heavy (non-hydrogen) atoms. The Bertz CT molecular complexity index is 3750. The summed E-state index contributed by atoms with van der Waals surface area (Å²) in [7, 11) is 0. The maximum Gasteiger partial charge on any atom is 0.0993 e. The molecule has 0 aliphatic carbocycles. The molecule has 12 rings (SSSR count). The Morgan fingerprint density at radius 1 is 0.268 bits per heavy atom. The zero-order valence-corrected chi connectivity index (χ0v) is 40.3. The van der Waals surface area contributed by atoms with E-state index >= 15 is 0 Å². The van der Waals surface area contributed by atoms with Crippen LogP contribution in [-0.4, -0.2) is 9.13 Å². The van der Waals surface area contributed by atoms with Gasteiger partial charge in [0.2, 0.25) is 0 Å². The second-order valence-electron chi connectivity index (χ2n) is 19.3. The number of nitriles is 2. The normalized spacial score (nSPS) is 11.4. The van der Waals surface area contributed by atoms with Crippen LogP contribution >= 0.6 is 0 Å². The Labute approximate surface area is 414 Å². The topological polar surface area (TPSA) is 57.4 Å². The van der Waals surface area contributed by atoms with E-state index in [1.807, 2.05) is 31.2 Å². The van der Waals surface area contributed by atoms with Gasteiger partial charge < -0.3 is 9.13 Å². The first kappa shape index (κ1) is 43.1. The van der Waals surface area contributed by atoms with Crippen LogP contribution in [0.4, 0.5) is 0 Å². The highest BCUT2D eigenvalue weighted by Gasteiger charge is 2.25. The fourth-order valence-electron chi connectivity index (χ4n) is 10.6. The summed E-state index contributed by atoms with van der Waals surface area (Å²) < 4.78 is 4.69. The molecule has 0 amide bonds. The summed E-state index contributed by atoms with van der Waals surface area (Å²) in [5.74, 6) is 0. The zero-order chi connectivity index (χ0) is 48.5. The van der Waals surface area contributed by atoms with E-state index in [0.717, 1.165) is 116 Å². The summed E-state index contributed by atoms with van der Waals surface area (Å²) in [6, 6.07) is 77.1. The number of fused-ring (bicyclic) bond motifs is 6. The number of hydrogen-bond acceptors (Lipinski definition) is 2. The van der Waals surface area contributed by atoms with E-state index in [9.17, 15) is 10.5 Å². The molecule has 0 N–H and O–H groups in total. The van der Waals surface area contributed by atoms with Gasteiger partial charge in [-0.1, -0.05) is 150 Å². The Morgan fingerprint density at radius 3 is 0.845 bits per heavy atom. The molecular formula is C67H48N4. The van der Waals surface area contributed by atoms with E-state index in [-0.39, 0.29) is 0 Å². The summed E-state index contributed by atoms with van der Waals surface area (Å²) in [5.41, 5.74) is 23.6. The second kappa shape index (κ2) is 17.1. The molecule has 0 aliphatic rings. The number of rotatable bonds is 7. The zero-order valence-electron chi connectivity index (χ0n) is 40.3. The molecule has 2 heterocycles. The maximum absolute atomic E-state index is 11.1. The molecule has 0 spiro atoms. The third-order valence-electron chi connectivity index (χ3n) is 14.3. The minimum atomic E-state index is 0.525. The highest BCUT2D eigenvalue weighted by molar-refractivity contribution is 6.14. The smallest absolute Gasteiger partial charge is 0.0993 e. The summed E-state index contributed by atoms with van der Waals surface area (Å²) >= 11 is 0. The van der Waals surface area contributed by atoms with Crippen LogP contribution in [0.15, 0.2) is 200 Å². The van der Waals surface area contributed by atoms with Gasteiger partial charge >= 0.3 is 0 Å². The van der Waals surface area contributed by atoms with E-state index in [1.54, 1.807) is 0 Å². The van der Waals surface area contributed by atoms with Gasteiger partial charge in [0.15, 0.2) is 0 Å². The third-order valence-corrected chi connectivity index (χ3v) is 14.3. The van der Waals surface area contributed by atoms with Gasteiger partial charge in [-0.15, -0.1) is 0 Å². The predicted molar refractivity (Wildman–Crippen MR) is 295 cm³/mol. The molecule has 0 bridgehead atoms. The Balaban J connectivity index is 1.20. The van der Waals surface area contributed by atoms with E-state index < -0.39 is 0 Å². The maximum atomic E-state index is 11.1. The van der Waals surface area contributed by atoms with Crippen LogP contribution in [0.5, 0.6) is 0 Å². The van der Waals surface area contributed by atoms with Gasteiger partial charge in [0.25, 0.3) is 0 Å². The predicted octanol–water partition coefficient (Wildman–Crippen LogP) is 17.5. The van der Waals surface area contributed by atoms with Gasteiger partial charge in [0.1, 0.15) is 0 Å². The Hall–Kier alpha value is -9.22. The van der Waals surface area contributed by atoms with Crippen molar-refractivity contribution in [3.63, 3.8) is 0 Å². The quantitative estimate of drug-likeness (QED) is 0.160. The number of benzene rings is 10. The third kappa shape index (κ3) is 7.55. The molecule has 4 heteroatoms. The van der Waals surface area contributed by atoms with E-state index in [1.165, 1.54) is 22.3 Å². The van der Waals surface area contributed by atoms with Crippen LogP contribution in [0.25, 0.3) is 111 Å². The van der Waals surface area contributed by atoms with Crippen LogP contribution in [0.2, 0.25) is 0 Å². The van der Waals surface area contributed by atoms with Crippen molar-refractivity contribution in [2.45, 2.75) is 34.6 Å². The fourth-order valence-corrected chi connectivity index (χ4v) is 10.6. The van der Waals surface area contributed by atoms with Crippen LogP contribution in [0.3, 0.4) is 0 Å². The molecule has 0 saturated heterocycles. The molecule has 0 saturated carbocycles. The molecule has 4 nitrogen and oxygen atoms in total. The molecule has 0 atom stereocenters. The minimum Gasteiger partial charge on any atom is -0.308 e. The van der Waals surface area contributed by atoms with Crippen molar-refractivity contribution in [2.75, 3.05) is 0 Å². The lowest BCUT2D eigenvalue weighted by Crippen LogP contribution is -2.05. The molecule has 12 aromatic rings. The number of aryl methyl sites for hydroxylation is 5. The van der Waals surface area contributed by atoms with Crippen molar-refractivity contribution in [1.29, 1.82) is 10.5 Å². The number of hydrogen-bond donors (Lipinski definition) is 0. The van der Waals surface area contributed by atoms with Crippen molar-refractivity contribution < 1.29 is 0 Å². The van der Waals surface area contributed by atoms with Crippen molar-refractivity contribution in [2.24, 2.45) is 0 Å². The molecule has 0 fully saturated rings. The first-order chi connectivity index (χ1) is 34.6. The van der Waals surface area contributed by atoms with E-state index in [0.29, 0.717) is 11.1 Å². The van der Waals surface area contributed by atoms with Crippen LogP contribution in [-0.2, 0) is 0 Å². The highest BCUT2D eigenvalue weighted by Crippen LogP contribution is 2.45. The van der Waals surface area contributed by atoms with Crippen molar-refractivity contribution in [1.82, 2.24) is 9.13 Å². The Kier molecular flexibility index (Phi) is 10.4. The fraction of sp³-hybridized carbons (Fsp3) is 0.0746. The summed E-state index contributed by atoms with van der Waals surface area (Å²) in [5, 5.41) is 26.1. The molecule has 0 unspecified atom stereocenters. The van der Waals surface area contributed by atoms with E-state index in [2.05, 4.69) is 225 Å². The SMILES string of the molecule is Cc1ccc(-c2ccc3c(c2)c2cc(-c4ccc(C)cc4)ccc2n3-c2cc(C#N)cc(-n3c4ccc(-c5ccc(C)cc5)cc4c4cc(-c5ccc(C)cc5)ccc43)c2-c2cc(C)cc(C#N)c2)cc1. The van der Waals surface area contributed by atoms with Gasteiger partial charge in [-0.3, -0.25) is 0 Å². The standard InChI is InChI=1S/C67H48N4/c1-41-6-14-48(15-7-41)52-22-26-61-57(35-52)58-36-53(49-16-8-42(2)9-17-49)23-27-62(58)70(61)65-33-47(40-69)34-66(67(65)56-31-45(5)30-46(32-56)39-68)71-63-28-24-54(50-18-10-43(3)11-19-50)37-59(63)60-38-55(25-29-64(60)71)51-20-12-44(4)13-21-51/h6-38H,1-5H3. The van der Waals surface area contributed by atoms with Gasteiger partial charge in [-0.05, 0) is 163 Å². The highest BCUT2D eigenvalue weighted by atomic mass is 15.0. The van der Waals surface area contributed by atoms with Crippen LogP contribution < -0.4 is 0 Å². The lowest BCUT2D eigenvalue weighted by molar-refractivity contribution is 1.13. The van der Waals surface area contributed by atoms with Crippen LogP contribution in [0.1, 0.15) is 38.9 Å². The molecule has 10 aromatic carbocycles. The first-order valence-corrected chi connectivity index (χ1v) is 24.2. The number of nitrogens with zero attached hydrogens (tertiary/aromatic N) is 4. The van der Waals surface area contributed by atoms with E-state index in [4.69, 9.17) is 0 Å². The lowest BCUT2D eigenvalue weighted by atomic mass is 9.95. The van der Waals surface area contributed by atoms with Gasteiger partial charge in [-0.25, -0.2) is 0 Å². The van der Waals surface area contributed by atoms with Gasteiger partial charge in [0.05, 0.1) is 56.7 Å². The molecule has 2 aromatic heterocycles. The summed E-state index contributed by atoms with van der Waals surface area (Å²) in [6.07, 6.45) is 0. The first-order valence-electron chi connectivity index (χ1n) is 24.2. The lowest BCUT2D eigenvalue weighted by Gasteiger charge is -2.21. The van der Waals surface area contributed by atoms with Crippen molar-refractivity contribution in [3.05, 3.63) is 239 Å². The van der Waals surface area contributed by atoms with Crippen molar-refractivity contribution >= 4 is 43.6 Å². The largest absolute Gasteiger partial charge is 0.308 e. The number of aromatic nitrogens is 2. The Morgan fingerprint density at radius 2 is 0.549 bits per heavy atom. The summed E-state index contributed by atoms with van der Waals surface area (Å²) in [4.78, 5) is 0. The van der Waals surface area contributed by atoms with Crippen molar-refractivity contribution in [3.8, 4) is 79.1 Å². The molecule has 0 radical (unpaired) electrons. The monoisotopic (exact) mass is 908 g/mol. The average Bonchev–Trinajstić information content (AvgIpc) is 3.90. The van der Waals surface area contributed by atoms with Gasteiger partial charge in [-0.2, -0.15) is 10.5 Å². The summed E-state index contributed by atoms with van der Waals surface area (Å²) in [6.45, 7) is 10.5. The van der Waals surface area contributed by atoms with Gasteiger partial charge in [0, 0.05) is 27.1 Å². The van der Waals surface area contributed by atoms with Crippen LogP contribution in [0, 0.1) is 57.3 Å². The molecular weight excluding hydrogens is 861 g/mol. The average molecular weight is 909 g/mol. The molecule has 336 valence electrons. The second-order valence-corrected chi connectivity index (χ2v) is 19.3. The minimum absolute atomic E-state index is 0.525.